The van der Waals surface area contributed by atoms with E-state index in [1.165, 1.54) is 6.33 Å². The van der Waals surface area contributed by atoms with Gasteiger partial charge in [-0.15, -0.1) is 0 Å². The highest BCUT2D eigenvalue weighted by Crippen LogP contribution is 2.28. The molecule has 2 aromatic carbocycles. The van der Waals surface area contributed by atoms with Gasteiger partial charge in [-0.1, -0.05) is 42.5 Å². The molecule has 4 rings (SSSR count). The van der Waals surface area contributed by atoms with Crippen LogP contribution < -0.4 is 5.32 Å². The summed E-state index contributed by atoms with van der Waals surface area (Å²) in [6.07, 6.45) is 2.58. The highest BCUT2D eigenvalue weighted by Gasteiger charge is 2.29. The number of fused-ring (bicyclic) bond motifs is 1. The van der Waals surface area contributed by atoms with E-state index >= 15 is 0 Å². The van der Waals surface area contributed by atoms with Crippen LogP contribution in [0.5, 0.6) is 0 Å². The van der Waals surface area contributed by atoms with Gasteiger partial charge in [-0.3, -0.25) is 0 Å². The predicted molar refractivity (Wildman–Crippen MR) is 146 cm³/mol. The van der Waals surface area contributed by atoms with Crippen LogP contribution in [0.4, 0.5) is 13.6 Å². The average Bonchev–Trinajstić information content (AvgIpc) is 3.30. The SMILES string of the molecule is Cc1cc(-c2ncnn3cc(CCC(F)(F)COCc4ccccc4)cc23)ccc1CNC(=O)OC(C)(C)C. The van der Waals surface area contributed by atoms with E-state index in [-0.39, 0.29) is 19.4 Å². The zero-order valence-corrected chi connectivity index (χ0v) is 22.7. The third kappa shape index (κ3) is 8.07. The van der Waals surface area contributed by atoms with Gasteiger partial charge >= 0.3 is 6.09 Å². The number of rotatable bonds is 10. The largest absolute Gasteiger partial charge is 0.444 e. The highest BCUT2D eigenvalue weighted by molar-refractivity contribution is 5.77. The minimum atomic E-state index is -2.95. The molecule has 0 atom stereocenters. The van der Waals surface area contributed by atoms with Crippen LogP contribution in [-0.4, -0.2) is 38.8 Å². The van der Waals surface area contributed by atoms with Gasteiger partial charge in [0.25, 0.3) is 5.92 Å². The zero-order chi connectivity index (χ0) is 28.0. The summed E-state index contributed by atoms with van der Waals surface area (Å²) in [7, 11) is 0. The number of carbonyl (C=O) groups is 1. The van der Waals surface area contributed by atoms with E-state index in [2.05, 4.69) is 15.4 Å². The van der Waals surface area contributed by atoms with Gasteiger partial charge in [0.15, 0.2) is 0 Å². The molecule has 0 saturated carbocycles. The van der Waals surface area contributed by atoms with Crippen molar-refractivity contribution in [2.45, 2.75) is 65.2 Å². The van der Waals surface area contributed by atoms with Crippen molar-refractivity contribution in [2.75, 3.05) is 6.61 Å². The molecule has 0 saturated heterocycles. The monoisotopic (exact) mass is 536 g/mol. The molecule has 0 aliphatic rings. The second-order valence-corrected chi connectivity index (χ2v) is 10.6. The Hall–Kier alpha value is -3.85. The van der Waals surface area contributed by atoms with Crippen molar-refractivity contribution in [1.82, 2.24) is 19.9 Å². The molecule has 2 heterocycles. The van der Waals surface area contributed by atoms with Crippen LogP contribution in [0.1, 0.15) is 49.4 Å². The van der Waals surface area contributed by atoms with E-state index in [1.54, 1.807) is 10.7 Å². The van der Waals surface area contributed by atoms with E-state index in [1.807, 2.05) is 82.3 Å². The highest BCUT2D eigenvalue weighted by atomic mass is 19.3. The Morgan fingerprint density at radius 2 is 1.82 bits per heavy atom. The van der Waals surface area contributed by atoms with E-state index < -0.39 is 24.2 Å². The summed E-state index contributed by atoms with van der Waals surface area (Å²) in [5, 5.41) is 7.04. The number of aryl methyl sites for hydroxylation is 2. The van der Waals surface area contributed by atoms with E-state index in [0.717, 1.165) is 33.3 Å². The number of hydrogen-bond donors (Lipinski definition) is 1. The van der Waals surface area contributed by atoms with Gasteiger partial charge < -0.3 is 14.8 Å². The van der Waals surface area contributed by atoms with Crippen molar-refractivity contribution in [3.63, 3.8) is 0 Å². The summed E-state index contributed by atoms with van der Waals surface area (Å²) < 4.78 is 41.2. The fourth-order valence-corrected chi connectivity index (χ4v) is 4.16. The third-order valence-corrected chi connectivity index (χ3v) is 6.10. The van der Waals surface area contributed by atoms with Crippen molar-refractivity contribution in [2.24, 2.45) is 0 Å². The molecule has 0 spiro atoms. The first kappa shape index (κ1) is 28.2. The number of carbonyl (C=O) groups excluding carboxylic acids is 1. The maximum absolute atomic E-state index is 14.5. The number of alkyl carbamates (subject to hydrolysis) is 1. The first-order valence-corrected chi connectivity index (χ1v) is 12.9. The maximum atomic E-state index is 14.5. The molecule has 0 bridgehead atoms. The number of halogens is 2. The van der Waals surface area contributed by atoms with Gasteiger partial charge in [-0.2, -0.15) is 5.10 Å². The number of ether oxygens (including phenoxy) is 2. The van der Waals surface area contributed by atoms with Crippen molar-refractivity contribution in [1.29, 1.82) is 0 Å². The van der Waals surface area contributed by atoms with Crippen LogP contribution >= 0.6 is 0 Å². The summed E-state index contributed by atoms with van der Waals surface area (Å²) in [6.45, 7) is 7.26. The smallest absolute Gasteiger partial charge is 0.407 e. The molecule has 39 heavy (non-hydrogen) atoms. The molecule has 0 aliphatic carbocycles. The average molecular weight is 537 g/mol. The minimum Gasteiger partial charge on any atom is -0.444 e. The minimum absolute atomic E-state index is 0.154. The summed E-state index contributed by atoms with van der Waals surface area (Å²) in [5.74, 6) is -2.95. The number of nitrogens with one attached hydrogen (secondary N) is 1. The number of amides is 1. The molecule has 1 amide bonds. The standard InChI is InChI=1S/C30H34F2N4O3/c1-21-14-24(10-11-25(21)16-33-28(37)39-29(2,3)4)27-26-15-23(17-36(26)35-20-34-27)12-13-30(31,32)19-38-18-22-8-6-5-7-9-22/h5-11,14-15,17,20H,12-13,16,18-19H2,1-4H3,(H,33,37). The van der Waals surface area contributed by atoms with Gasteiger partial charge in [0.2, 0.25) is 0 Å². The summed E-state index contributed by atoms with van der Waals surface area (Å²) >= 11 is 0. The first-order chi connectivity index (χ1) is 18.5. The molecule has 4 aromatic rings. The Morgan fingerprint density at radius 3 is 2.54 bits per heavy atom. The molecule has 0 fully saturated rings. The Labute approximate surface area is 227 Å². The van der Waals surface area contributed by atoms with Crippen molar-refractivity contribution in [3.8, 4) is 11.3 Å². The lowest BCUT2D eigenvalue weighted by Crippen LogP contribution is -2.32. The van der Waals surface area contributed by atoms with Crippen LogP contribution in [0.3, 0.4) is 0 Å². The Balaban J connectivity index is 1.40. The number of nitrogens with zero attached hydrogens (tertiary/aromatic N) is 3. The summed E-state index contributed by atoms with van der Waals surface area (Å²) in [6, 6.07) is 17.0. The molecular formula is C30H34F2N4O3. The lowest BCUT2D eigenvalue weighted by molar-refractivity contribution is -0.0862. The number of aromatic nitrogens is 3. The second-order valence-electron chi connectivity index (χ2n) is 10.6. The van der Waals surface area contributed by atoms with Crippen LogP contribution in [-0.2, 0) is 29.0 Å². The first-order valence-electron chi connectivity index (χ1n) is 12.9. The molecule has 206 valence electrons. The van der Waals surface area contributed by atoms with E-state index in [9.17, 15) is 13.6 Å². The van der Waals surface area contributed by atoms with Crippen LogP contribution in [0.15, 0.2) is 67.1 Å². The molecular weight excluding hydrogens is 502 g/mol. The lowest BCUT2D eigenvalue weighted by Gasteiger charge is -2.20. The molecule has 0 aliphatic heterocycles. The van der Waals surface area contributed by atoms with Crippen LogP contribution in [0.25, 0.3) is 16.8 Å². The van der Waals surface area contributed by atoms with E-state index in [0.29, 0.717) is 12.2 Å². The van der Waals surface area contributed by atoms with Crippen LogP contribution in [0.2, 0.25) is 0 Å². The zero-order valence-electron chi connectivity index (χ0n) is 22.7. The Morgan fingerprint density at radius 1 is 1.05 bits per heavy atom. The fourth-order valence-electron chi connectivity index (χ4n) is 4.16. The molecule has 1 N–H and O–H groups in total. The topological polar surface area (TPSA) is 77.8 Å². The molecule has 2 aromatic heterocycles. The second kappa shape index (κ2) is 11.9. The van der Waals surface area contributed by atoms with Crippen LogP contribution in [0, 0.1) is 6.92 Å². The van der Waals surface area contributed by atoms with Crippen molar-refractivity contribution >= 4 is 11.6 Å². The predicted octanol–water partition coefficient (Wildman–Crippen LogP) is 6.51. The molecule has 0 radical (unpaired) electrons. The van der Waals surface area contributed by atoms with Gasteiger partial charge in [0, 0.05) is 24.7 Å². The summed E-state index contributed by atoms with van der Waals surface area (Å²) in [4.78, 5) is 16.5. The lowest BCUT2D eigenvalue weighted by atomic mass is 10.0. The van der Waals surface area contributed by atoms with Gasteiger partial charge in [-0.05, 0) is 68.5 Å². The van der Waals surface area contributed by atoms with E-state index in [4.69, 9.17) is 9.47 Å². The summed E-state index contributed by atoms with van der Waals surface area (Å²) in [5.41, 5.74) is 5.26. The number of alkyl halides is 2. The van der Waals surface area contributed by atoms with Gasteiger partial charge in [-0.25, -0.2) is 23.1 Å². The normalized spacial score (nSPS) is 12.1. The molecule has 7 nitrogen and oxygen atoms in total. The third-order valence-electron chi connectivity index (χ3n) is 6.10. The Bertz CT molecular complexity index is 1420. The molecule has 9 heteroatoms. The fraction of sp³-hybridized carbons (Fsp3) is 0.367. The van der Waals surface area contributed by atoms with Crippen molar-refractivity contribution in [3.05, 3.63) is 89.4 Å². The van der Waals surface area contributed by atoms with Crippen molar-refractivity contribution < 1.29 is 23.0 Å². The quantitative estimate of drug-likeness (QED) is 0.250. The molecule has 0 unspecified atom stereocenters. The number of benzene rings is 2. The Kier molecular flexibility index (Phi) is 8.60. The number of hydrogen-bond acceptors (Lipinski definition) is 5. The maximum Gasteiger partial charge on any atom is 0.407 e. The van der Waals surface area contributed by atoms with Gasteiger partial charge in [0.1, 0.15) is 18.5 Å². The van der Waals surface area contributed by atoms with Gasteiger partial charge in [0.05, 0.1) is 17.8 Å².